The molecule has 44 heavy (non-hydrogen) atoms. The van der Waals surface area contributed by atoms with E-state index in [1.54, 1.807) is 24.3 Å². The molecule has 0 saturated carbocycles. The number of phenolic OH excluding ortho intramolecular Hbond substituents is 2. The van der Waals surface area contributed by atoms with Gasteiger partial charge < -0.3 is 37.0 Å². The van der Waals surface area contributed by atoms with Crippen LogP contribution >= 0.6 is 0 Å². The average molecular weight is 605 g/mol. The molecule has 0 aliphatic carbocycles. The van der Waals surface area contributed by atoms with Crippen LogP contribution in [0, 0.1) is 5.92 Å². The zero-order chi connectivity index (χ0) is 32.2. The van der Waals surface area contributed by atoms with Gasteiger partial charge in [-0.15, -0.1) is 0 Å². The Morgan fingerprint density at radius 1 is 0.614 bits per heavy atom. The van der Waals surface area contributed by atoms with Crippen molar-refractivity contribution in [1.82, 2.24) is 16.0 Å². The first-order chi connectivity index (χ1) is 20.9. The highest BCUT2D eigenvalue weighted by Crippen LogP contribution is 2.14. The maximum atomic E-state index is 13.6. The molecule has 0 aliphatic heterocycles. The van der Waals surface area contributed by atoms with Crippen LogP contribution in [0.3, 0.4) is 0 Å². The number of carboxylic acid groups (broad SMARTS) is 1. The molecule has 3 amide bonds. The standard InChI is InChI=1S/C33H40N4O7/c1-20(2)16-27(31(41)37-29(33(43)44)19-23-10-14-25(39)15-11-23)36-32(42)28(18-22-8-12-24(38)13-9-22)35-30(40)26(34)17-21-6-4-3-5-7-21/h3-15,20,26-29,38-39H,16-19,34H2,1-2H3,(H,35,40)(H,36,42)(H,37,41)(H,43,44). The van der Waals surface area contributed by atoms with Crippen molar-refractivity contribution in [2.45, 2.75) is 63.7 Å². The fourth-order valence-corrected chi connectivity index (χ4v) is 4.63. The van der Waals surface area contributed by atoms with Crippen molar-refractivity contribution >= 4 is 23.7 Å². The monoisotopic (exact) mass is 604 g/mol. The van der Waals surface area contributed by atoms with Gasteiger partial charge in [-0.3, -0.25) is 14.4 Å². The molecule has 4 atom stereocenters. The molecule has 0 bridgehead atoms. The summed E-state index contributed by atoms with van der Waals surface area (Å²) in [5.41, 5.74) is 8.25. The van der Waals surface area contributed by atoms with Gasteiger partial charge in [-0.05, 0) is 59.7 Å². The lowest BCUT2D eigenvalue weighted by molar-refractivity contribution is -0.142. The summed E-state index contributed by atoms with van der Waals surface area (Å²) in [6, 6.07) is 16.9. The number of aliphatic carboxylic acids is 1. The maximum absolute atomic E-state index is 13.6. The molecule has 4 unspecified atom stereocenters. The van der Waals surface area contributed by atoms with Gasteiger partial charge in [0.2, 0.25) is 17.7 Å². The Labute approximate surface area is 256 Å². The quantitative estimate of drug-likeness (QED) is 0.137. The summed E-state index contributed by atoms with van der Waals surface area (Å²) >= 11 is 0. The minimum absolute atomic E-state index is 0.0272. The molecule has 3 aromatic carbocycles. The Hall–Kier alpha value is -4.90. The van der Waals surface area contributed by atoms with E-state index in [9.17, 15) is 34.5 Å². The molecule has 11 nitrogen and oxygen atoms in total. The number of carbonyl (C=O) groups is 4. The first-order valence-corrected chi connectivity index (χ1v) is 14.4. The number of amides is 3. The number of nitrogens with one attached hydrogen (secondary N) is 3. The number of aromatic hydroxyl groups is 2. The lowest BCUT2D eigenvalue weighted by Gasteiger charge is -2.26. The smallest absolute Gasteiger partial charge is 0.326 e. The Bertz CT molecular complexity index is 1400. The van der Waals surface area contributed by atoms with Crippen molar-refractivity contribution in [3.05, 3.63) is 95.6 Å². The van der Waals surface area contributed by atoms with E-state index in [1.807, 2.05) is 44.2 Å². The van der Waals surface area contributed by atoms with Gasteiger partial charge in [0.25, 0.3) is 0 Å². The highest BCUT2D eigenvalue weighted by atomic mass is 16.4. The van der Waals surface area contributed by atoms with Crippen molar-refractivity contribution in [3.8, 4) is 11.5 Å². The second-order valence-electron chi connectivity index (χ2n) is 11.2. The van der Waals surface area contributed by atoms with Crippen LogP contribution in [0.4, 0.5) is 0 Å². The van der Waals surface area contributed by atoms with Crippen LogP contribution in [0.25, 0.3) is 0 Å². The SMILES string of the molecule is CC(C)CC(NC(=O)C(Cc1ccc(O)cc1)NC(=O)C(N)Cc1ccccc1)C(=O)NC(Cc1ccc(O)cc1)C(=O)O. The van der Waals surface area contributed by atoms with Gasteiger partial charge in [-0.2, -0.15) is 0 Å². The largest absolute Gasteiger partial charge is 0.508 e. The highest BCUT2D eigenvalue weighted by molar-refractivity contribution is 5.94. The van der Waals surface area contributed by atoms with Crippen LogP contribution in [-0.4, -0.2) is 63.2 Å². The predicted octanol–water partition coefficient (Wildman–Crippen LogP) is 2.04. The van der Waals surface area contributed by atoms with Crippen LogP contribution in [0.1, 0.15) is 37.0 Å². The summed E-state index contributed by atoms with van der Waals surface area (Å²) in [6.07, 6.45) is 0.458. The summed E-state index contributed by atoms with van der Waals surface area (Å²) < 4.78 is 0. The molecule has 3 aromatic rings. The van der Waals surface area contributed by atoms with E-state index in [0.717, 1.165) is 5.56 Å². The van der Waals surface area contributed by atoms with Gasteiger partial charge in [0.15, 0.2) is 0 Å². The molecule has 0 saturated heterocycles. The molecule has 0 heterocycles. The molecule has 11 heteroatoms. The first kappa shape index (κ1) is 33.6. The van der Waals surface area contributed by atoms with Crippen LogP contribution < -0.4 is 21.7 Å². The third kappa shape index (κ3) is 10.7. The van der Waals surface area contributed by atoms with Crippen LogP contribution in [-0.2, 0) is 38.4 Å². The fraction of sp³-hybridized carbons (Fsp3) is 0.333. The molecule has 0 spiro atoms. The molecule has 0 fully saturated rings. The van der Waals surface area contributed by atoms with E-state index in [-0.39, 0.29) is 43.1 Å². The minimum Gasteiger partial charge on any atom is -0.508 e. The zero-order valence-corrected chi connectivity index (χ0v) is 24.8. The number of phenols is 2. The summed E-state index contributed by atoms with van der Waals surface area (Å²) in [5.74, 6) is -3.13. The molecular weight excluding hydrogens is 564 g/mol. The molecule has 0 radical (unpaired) electrons. The highest BCUT2D eigenvalue weighted by Gasteiger charge is 2.31. The minimum atomic E-state index is -1.29. The maximum Gasteiger partial charge on any atom is 0.326 e. The second-order valence-corrected chi connectivity index (χ2v) is 11.2. The van der Waals surface area contributed by atoms with Crippen molar-refractivity contribution in [3.63, 3.8) is 0 Å². The van der Waals surface area contributed by atoms with Gasteiger partial charge >= 0.3 is 5.97 Å². The van der Waals surface area contributed by atoms with Gasteiger partial charge in [0, 0.05) is 12.8 Å². The number of hydrogen-bond acceptors (Lipinski definition) is 7. The molecule has 3 rings (SSSR count). The van der Waals surface area contributed by atoms with Gasteiger partial charge in [-0.25, -0.2) is 4.79 Å². The molecular formula is C33H40N4O7. The van der Waals surface area contributed by atoms with Gasteiger partial charge in [0.1, 0.15) is 29.6 Å². The zero-order valence-electron chi connectivity index (χ0n) is 24.8. The van der Waals surface area contributed by atoms with E-state index in [2.05, 4.69) is 16.0 Å². The molecule has 0 aliphatic rings. The first-order valence-electron chi connectivity index (χ1n) is 14.4. The third-order valence-corrected chi connectivity index (χ3v) is 6.98. The number of nitrogens with two attached hydrogens (primary N) is 1. The third-order valence-electron chi connectivity index (χ3n) is 6.98. The van der Waals surface area contributed by atoms with Crippen molar-refractivity contribution in [2.24, 2.45) is 11.7 Å². The average Bonchev–Trinajstić information content (AvgIpc) is 2.98. The Morgan fingerprint density at radius 3 is 1.55 bits per heavy atom. The van der Waals surface area contributed by atoms with Crippen molar-refractivity contribution < 1.29 is 34.5 Å². The lowest BCUT2D eigenvalue weighted by atomic mass is 9.99. The van der Waals surface area contributed by atoms with E-state index in [4.69, 9.17) is 5.73 Å². The lowest BCUT2D eigenvalue weighted by Crippen LogP contribution is -2.58. The fourth-order valence-electron chi connectivity index (χ4n) is 4.63. The number of rotatable bonds is 15. The van der Waals surface area contributed by atoms with Crippen LogP contribution in [0.5, 0.6) is 11.5 Å². The van der Waals surface area contributed by atoms with Crippen molar-refractivity contribution in [1.29, 1.82) is 0 Å². The Kier molecular flexibility index (Phi) is 12.3. The van der Waals surface area contributed by atoms with Crippen molar-refractivity contribution in [2.75, 3.05) is 0 Å². The summed E-state index contributed by atoms with van der Waals surface area (Å²) in [6.45, 7) is 3.71. The number of benzene rings is 3. The normalized spacial score (nSPS) is 13.7. The Balaban J connectivity index is 1.77. The summed E-state index contributed by atoms with van der Waals surface area (Å²) in [4.78, 5) is 52.1. The Morgan fingerprint density at radius 2 is 1.05 bits per heavy atom. The summed E-state index contributed by atoms with van der Waals surface area (Å²) in [5, 5.41) is 36.9. The van der Waals surface area contributed by atoms with Crippen LogP contribution in [0.2, 0.25) is 0 Å². The van der Waals surface area contributed by atoms with Gasteiger partial charge in [0.05, 0.1) is 6.04 Å². The second kappa shape index (κ2) is 16.1. The number of hydrogen-bond donors (Lipinski definition) is 7. The molecule has 0 aromatic heterocycles. The topological polar surface area (TPSA) is 191 Å². The predicted molar refractivity (Wildman–Crippen MR) is 165 cm³/mol. The van der Waals surface area contributed by atoms with E-state index in [0.29, 0.717) is 11.1 Å². The molecule has 234 valence electrons. The number of carboxylic acids is 1. The van der Waals surface area contributed by atoms with E-state index < -0.39 is 47.9 Å². The van der Waals surface area contributed by atoms with Gasteiger partial charge in [-0.1, -0.05) is 68.4 Å². The number of carbonyl (C=O) groups excluding carboxylic acids is 3. The van der Waals surface area contributed by atoms with E-state index in [1.165, 1.54) is 24.3 Å². The van der Waals surface area contributed by atoms with E-state index >= 15 is 0 Å². The molecule has 8 N–H and O–H groups in total. The summed E-state index contributed by atoms with van der Waals surface area (Å²) in [7, 11) is 0. The van der Waals surface area contributed by atoms with Crippen LogP contribution in [0.15, 0.2) is 78.9 Å².